The van der Waals surface area contributed by atoms with E-state index in [1.807, 2.05) is 4.90 Å². The number of hydrogen-bond acceptors (Lipinski definition) is 8. The molecular formula is C23H25ClF2N6O3. The average Bonchev–Trinajstić information content (AvgIpc) is 2.94. The van der Waals surface area contributed by atoms with Gasteiger partial charge in [0.05, 0.1) is 29.5 Å². The Morgan fingerprint density at radius 1 is 1.37 bits per heavy atom. The van der Waals surface area contributed by atoms with E-state index in [0.29, 0.717) is 39.9 Å². The van der Waals surface area contributed by atoms with Gasteiger partial charge in [-0.1, -0.05) is 11.6 Å². The first kappa shape index (κ1) is 23.6. The molecule has 0 spiro atoms. The van der Waals surface area contributed by atoms with Gasteiger partial charge in [-0.15, -0.1) is 0 Å². The van der Waals surface area contributed by atoms with Crippen LogP contribution < -0.4 is 25.8 Å². The fourth-order valence-electron chi connectivity index (χ4n) is 4.36. The Bertz CT molecular complexity index is 1350. The van der Waals surface area contributed by atoms with Gasteiger partial charge in [-0.3, -0.25) is 4.79 Å². The molecule has 5 rings (SSSR count). The van der Waals surface area contributed by atoms with Crippen molar-refractivity contribution in [1.82, 2.24) is 14.5 Å². The van der Waals surface area contributed by atoms with Gasteiger partial charge in [-0.05, 0) is 38.0 Å². The average molecular weight is 507 g/mol. The molecule has 2 atom stereocenters. The predicted molar refractivity (Wildman–Crippen MR) is 130 cm³/mol. The zero-order valence-electron chi connectivity index (χ0n) is 19.2. The van der Waals surface area contributed by atoms with E-state index in [1.54, 1.807) is 25.2 Å². The van der Waals surface area contributed by atoms with Crippen molar-refractivity contribution in [2.45, 2.75) is 37.8 Å². The Morgan fingerprint density at radius 2 is 2.17 bits per heavy atom. The number of benzene rings is 1. The maximum atomic E-state index is 14.3. The molecule has 186 valence electrons. The summed E-state index contributed by atoms with van der Waals surface area (Å²) in [5.74, 6) is -2.50. The molecule has 2 aliphatic heterocycles. The van der Waals surface area contributed by atoms with E-state index in [9.17, 15) is 18.7 Å². The number of rotatable bonds is 3. The van der Waals surface area contributed by atoms with Gasteiger partial charge in [0.15, 0.2) is 12.4 Å². The number of aryl methyl sites for hydroxylation is 1. The van der Waals surface area contributed by atoms with E-state index in [-0.39, 0.29) is 11.4 Å². The smallest absolute Gasteiger partial charge is 0.300 e. The minimum absolute atomic E-state index is 0.146. The summed E-state index contributed by atoms with van der Waals surface area (Å²) >= 11 is 6.35. The molecule has 0 saturated carbocycles. The number of fused-ring (bicyclic) bond motifs is 3. The van der Waals surface area contributed by atoms with Gasteiger partial charge < -0.3 is 29.9 Å². The summed E-state index contributed by atoms with van der Waals surface area (Å²) in [4.78, 5) is 23.5. The highest BCUT2D eigenvalue weighted by molar-refractivity contribution is 6.32. The van der Waals surface area contributed by atoms with Crippen LogP contribution in [-0.4, -0.2) is 57.4 Å². The van der Waals surface area contributed by atoms with Gasteiger partial charge in [-0.25, -0.2) is 13.8 Å². The van der Waals surface area contributed by atoms with Crippen molar-refractivity contribution >= 4 is 45.6 Å². The number of halogens is 3. The number of nitrogens with zero attached hydrogens (tertiary/aromatic N) is 4. The lowest BCUT2D eigenvalue weighted by molar-refractivity contribution is -0.0487. The summed E-state index contributed by atoms with van der Waals surface area (Å²) < 4.78 is 35.3. The molecule has 1 fully saturated rings. The largest absolute Gasteiger partial charge is 0.480 e. The Balaban J connectivity index is 1.54. The maximum absolute atomic E-state index is 14.3. The maximum Gasteiger partial charge on any atom is 0.300 e. The molecule has 0 radical (unpaired) electrons. The topological polar surface area (TPSA) is 105 Å². The number of alkyl halides is 2. The minimum atomic E-state index is -3.15. The van der Waals surface area contributed by atoms with Crippen molar-refractivity contribution in [3.8, 4) is 5.75 Å². The molecule has 0 unspecified atom stereocenters. The number of pyridine rings is 1. The summed E-state index contributed by atoms with van der Waals surface area (Å²) in [6.45, 7) is 1.62. The van der Waals surface area contributed by atoms with Gasteiger partial charge in [0.2, 0.25) is 11.7 Å². The number of β-amino-alcohol motifs (C(OH)–C–C–N with tert-alkyl or cyclic N) is 1. The number of ether oxygens (including phenoxy) is 1. The zero-order chi connectivity index (χ0) is 24.9. The van der Waals surface area contributed by atoms with Crippen molar-refractivity contribution in [2.75, 3.05) is 35.2 Å². The number of aliphatic hydroxyl groups is 1. The Labute approximate surface area is 204 Å². The summed E-state index contributed by atoms with van der Waals surface area (Å²) in [5, 5.41) is 16.8. The highest BCUT2D eigenvalue weighted by atomic mass is 35.5. The van der Waals surface area contributed by atoms with Gasteiger partial charge in [-0.2, -0.15) is 4.98 Å². The monoisotopic (exact) mass is 506 g/mol. The third-order valence-electron chi connectivity index (χ3n) is 6.43. The molecule has 0 bridgehead atoms. The molecule has 1 aromatic carbocycles. The quantitative estimate of drug-likeness (QED) is 0.496. The second-order valence-electron chi connectivity index (χ2n) is 8.95. The highest BCUT2D eigenvalue weighted by Crippen LogP contribution is 2.38. The molecular weight excluding hydrogens is 482 g/mol. The molecule has 1 saturated heterocycles. The molecule has 9 nitrogen and oxygen atoms in total. The van der Waals surface area contributed by atoms with Gasteiger partial charge in [0, 0.05) is 31.2 Å². The highest BCUT2D eigenvalue weighted by Gasteiger charge is 2.41. The molecule has 12 heteroatoms. The summed E-state index contributed by atoms with van der Waals surface area (Å²) in [6, 6.07) is 3.94. The van der Waals surface area contributed by atoms with Crippen LogP contribution in [0, 0.1) is 0 Å². The zero-order valence-corrected chi connectivity index (χ0v) is 19.9. The Morgan fingerprint density at radius 3 is 2.94 bits per heavy atom. The molecule has 2 aliphatic rings. The van der Waals surface area contributed by atoms with Crippen LogP contribution in [0.1, 0.15) is 19.8 Å². The van der Waals surface area contributed by atoms with Gasteiger partial charge in [0.1, 0.15) is 5.02 Å². The predicted octanol–water partition coefficient (Wildman–Crippen LogP) is 3.51. The second-order valence-corrected chi connectivity index (χ2v) is 9.36. The van der Waals surface area contributed by atoms with Crippen LogP contribution in [-0.2, 0) is 7.05 Å². The number of anilines is 4. The number of piperidine rings is 1. The lowest BCUT2D eigenvalue weighted by atomic mass is 10.1. The summed E-state index contributed by atoms with van der Waals surface area (Å²) in [7, 11) is 1.56. The van der Waals surface area contributed by atoms with Crippen molar-refractivity contribution in [3.05, 3.63) is 39.8 Å². The molecule has 3 aromatic rings. The first-order valence-electron chi connectivity index (χ1n) is 11.3. The van der Waals surface area contributed by atoms with Crippen molar-refractivity contribution in [1.29, 1.82) is 0 Å². The third kappa shape index (κ3) is 4.34. The minimum Gasteiger partial charge on any atom is -0.480 e. The fraction of sp³-hybridized carbons (Fsp3) is 0.435. The van der Waals surface area contributed by atoms with Crippen LogP contribution in [0.15, 0.2) is 29.2 Å². The van der Waals surface area contributed by atoms with Crippen molar-refractivity contribution in [3.63, 3.8) is 0 Å². The summed E-state index contributed by atoms with van der Waals surface area (Å²) in [6.07, 6.45) is 2.62. The standard InChI is InChI=1S/C23H25ClF2N6O3/c1-12-23(25,26)11-35-19-18(28-12)15-8-13(5-6-17(15)31(2)21(19)34)29-20-16(24)9-27-22(30-20)32-7-3-4-14(33)10-32/h5-6,8-9,12,14,28,33H,3-4,7,10-11H2,1-2H3,(H,27,29,30)/t12-,14+/m0/s1. The molecule has 35 heavy (non-hydrogen) atoms. The number of hydrogen-bond donors (Lipinski definition) is 3. The third-order valence-corrected chi connectivity index (χ3v) is 6.71. The molecule has 0 aliphatic carbocycles. The van der Waals surface area contributed by atoms with E-state index in [2.05, 4.69) is 20.6 Å². The van der Waals surface area contributed by atoms with Crippen LogP contribution in [0.2, 0.25) is 5.02 Å². The van der Waals surface area contributed by atoms with Crippen LogP contribution in [0.4, 0.5) is 31.9 Å². The molecule has 0 amide bonds. The number of nitrogens with one attached hydrogen (secondary N) is 2. The first-order valence-corrected chi connectivity index (χ1v) is 11.7. The second kappa shape index (κ2) is 8.80. The Kier molecular flexibility index (Phi) is 5.92. The number of aromatic nitrogens is 3. The van der Waals surface area contributed by atoms with Crippen LogP contribution in [0.3, 0.4) is 0 Å². The van der Waals surface area contributed by atoms with Crippen LogP contribution in [0.25, 0.3) is 10.9 Å². The normalized spacial score (nSPS) is 21.6. The number of aliphatic hydroxyl groups excluding tert-OH is 1. The van der Waals surface area contributed by atoms with E-state index >= 15 is 0 Å². The van der Waals surface area contributed by atoms with Gasteiger partial charge in [0.25, 0.3) is 5.56 Å². The first-order chi connectivity index (χ1) is 16.6. The fourth-order valence-corrected chi connectivity index (χ4v) is 4.50. The van der Waals surface area contributed by atoms with E-state index in [4.69, 9.17) is 16.3 Å². The van der Waals surface area contributed by atoms with E-state index < -0.39 is 30.2 Å². The van der Waals surface area contributed by atoms with E-state index in [0.717, 1.165) is 19.4 Å². The van der Waals surface area contributed by atoms with Crippen molar-refractivity contribution in [2.24, 2.45) is 7.05 Å². The van der Waals surface area contributed by atoms with Crippen LogP contribution in [0.5, 0.6) is 5.75 Å². The molecule has 4 heterocycles. The molecule has 2 aromatic heterocycles. The van der Waals surface area contributed by atoms with Crippen molar-refractivity contribution < 1.29 is 18.6 Å². The van der Waals surface area contributed by atoms with Gasteiger partial charge >= 0.3 is 5.92 Å². The molecule has 3 N–H and O–H groups in total. The lowest BCUT2D eigenvalue weighted by Gasteiger charge is -2.30. The van der Waals surface area contributed by atoms with E-state index in [1.165, 1.54) is 17.7 Å². The summed E-state index contributed by atoms with van der Waals surface area (Å²) in [5.41, 5.74) is 0.838. The SMILES string of the molecule is C[C@@H]1Nc2c(c(=O)n(C)c3ccc(Nc4nc(N5CCC[C@@H](O)C5)ncc4Cl)cc23)OCC1(F)F. The van der Waals surface area contributed by atoms with Crippen LogP contribution >= 0.6 is 11.6 Å². The Hall–Kier alpha value is -3.18. The lowest BCUT2D eigenvalue weighted by Crippen LogP contribution is -2.40.